The fourth-order valence-corrected chi connectivity index (χ4v) is 1.87. The topological polar surface area (TPSA) is 94.6 Å². The Morgan fingerprint density at radius 3 is 2.85 bits per heavy atom. The number of hydrogen-bond acceptors (Lipinski definition) is 5. The second kappa shape index (κ2) is 5.04. The molecule has 104 valence electrons. The maximum atomic E-state index is 12.1. The highest BCUT2D eigenvalue weighted by atomic mass is 16.6. The van der Waals surface area contributed by atoms with Crippen LogP contribution in [0.5, 0.6) is 11.5 Å². The summed E-state index contributed by atoms with van der Waals surface area (Å²) >= 11 is 0. The smallest absolute Gasteiger partial charge is 0.297 e. The second-order valence-corrected chi connectivity index (χ2v) is 4.10. The molecule has 0 aliphatic rings. The molecule has 0 unspecified atom stereocenters. The maximum Gasteiger partial charge on any atom is 0.297 e. The molecular weight excluding hydrogens is 264 g/mol. The number of aromatic nitrogens is 1. The van der Waals surface area contributed by atoms with Crippen molar-refractivity contribution in [2.75, 3.05) is 6.61 Å². The van der Waals surface area contributed by atoms with Crippen LogP contribution in [-0.4, -0.2) is 21.2 Å². The minimum absolute atomic E-state index is 0.0707. The van der Waals surface area contributed by atoms with Crippen LogP contribution in [0.1, 0.15) is 0 Å². The van der Waals surface area contributed by atoms with Crippen LogP contribution in [0.25, 0.3) is 10.9 Å². The van der Waals surface area contributed by atoms with E-state index in [2.05, 4.69) is 6.58 Å². The summed E-state index contributed by atoms with van der Waals surface area (Å²) in [6.07, 6.45) is 1.44. The molecule has 0 amide bonds. The Morgan fingerprint density at radius 1 is 1.55 bits per heavy atom. The van der Waals surface area contributed by atoms with E-state index in [1.54, 1.807) is 0 Å². The fourth-order valence-electron chi connectivity index (χ4n) is 1.87. The quantitative estimate of drug-likeness (QED) is 0.521. The maximum absolute atomic E-state index is 12.1. The van der Waals surface area contributed by atoms with Gasteiger partial charge in [0, 0.05) is 24.6 Å². The normalized spacial score (nSPS) is 10.4. The first-order valence-electron chi connectivity index (χ1n) is 5.71. The largest absolute Gasteiger partial charge is 0.504 e. The monoisotopic (exact) mass is 276 g/mol. The molecule has 2 aromatic rings. The average molecular weight is 276 g/mol. The molecule has 1 aromatic carbocycles. The van der Waals surface area contributed by atoms with Crippen molar-refractivity contribution in [3.8, 4) is 11.5 Å². The van der Waals surface area contributed by atoms with Crippen molar-refractivity contribution in [3.63, 3.8) is 0 Å². The van der Waals surface area contributed by atoms with Crippen molar-refractivity contribution in [1.82, 2.24) is 4.57 Å². The minimum atomic E-state index is -0.572. The molecule has 0 saturated carbocycles. The molecule has 0 aliphatic carbocycles. The standard InChI is InChI=1S/C13H12N2O5/c1-3-6-20-12-11(16)9-5-4-8(15(18)19)7-10(9)14(2)13(12)17/h3-5,7,16H,1,6H2,2H3. The van der Waals surface area contributed by atoms with E-state index in [4.69, 9.17) is 4.74 Å². The van der Waals surface area contributed by atoms with E-state index < -0.39 is 10.5 Å². The second-order valence-electron chi connectivity index (χ2n) is 4.10. The molecule has 1 N–H and O–H groups in total. The van der Waals surface area contributed by atoms with Crippen LogP contribution in [0.3, 0.4) is 0 Å². The molecule has 7 heteroatoms. The summed E-state index contributed by atoms with van der Waals surface area (Å²) in [5.74, 6) is -0.534. The number of non-ortho nitro benzene ring substituents is 1. The van der Waals surface area contributed by atoms with Crippen molar-refractivity contribution in [1.29, 1.82) is 0 Å². The molecule has 0 aliphatic heterocycles. The van der Waals surface area contributed by atoms with Crippen LogP contribution in [0.4, 0.5) is 5.69 Å². The number of nitrogens with zero attached hydrogens (tertiary/aromatic N) is 2. The summed E-state index contributed by atoms with van der Waals surface area (Å²) in [5.41, 5.74) is -0.475. The molecule has 0 fully saturated rings. The number of nitro benzene ring substituents is 1. The van der Waals surface area contributed by atoms with E-state index in [0.717, 1.165) is 0 Å². The Balaban J connectivity index is 2.77. The van der Waals surface area contributed by atoms with Crippen LogP contribution < -0.4 is 10.3 Å². The Bertz CT molecular complexity index is 763. The highest BCUT2D eigenvalue weighted by Crippen LogP contribution is 2.32. The van der Waals surface area contributed by atoms with Gasteiger partial charge in [0.25, 0.3) is 11.2 Å². The zero-order valence-electron chi connectivity index (χ0n) is 10.7. The molecule has 0 spiro atoms. The van der Waals surface area contributed by atoms with Gasteiger partial charge in [0.2, 0.25) is 5.75 Å². The number of fused-ring (bicyclic) bond motifs is 1. The Labute approximate surface area is 113 Å². The van der Waals surface area contributed by atoms with Gasteiger partial charge in [0.05, 0.1) is 10.4 Å². The molecule has 1 heterocycles. The van der Waals surface area contributed by atoms with Crippen molar-refractivity contribution in [3.05, 3.63) is 51.3 Å². The molecular formula is C13H12N2O5. The highest BCUT2D eigenvalue weighted by molar-refractivity contribution is 5.89. The predicted molar refractivity (Wildman–Crippen MR) is 73.2 cm³/mol. The Morgan fingerprint density at radius 2 is 2.25 bits per heavy atom. The number of aromatic hydroxyl groups is 1. The van der Waals surface area contributed by atoms with Gasteiger partial charge < -0.3 is 14.4 Å². The number of aryl methyl sites for hydroxylation is 1. The first-order chi connectivity index (χ1) is 9.47. The van der Waals surface area contributed by atoms with E-state index in [1.807, 2.05) is 0 Å². The van der Waals surface area contributed by atoms with E-state index in [-0.39, 0.29) is 29.3 Å². The molecule has 20 heavy (non-hydrogen) atoms. The predicted octanol–water partition coefficient (Wildman–Crippen LogP) is 1.72. The number of rotatable bonds is 4. The van der Waals surface area contributed by atoms with Gasteiger partial charge in [-0.3, -0.25) is 14.9 Å². The van der Waals surface area contributed by atoms with Gasteiger partial charge in [-0.15, -0.1) is 0 Å². The number of hydrogen-bond donors (Lipinski definition) is 1. The van der Waals surface area contributed by atoms with Crippen molar-refractivity contribution < 1.29 is 14.8 Å². The van der Waals surface area contributed by atoms with Gasteiger partial charge >= 0.3 is 0 Å². The molecule has 0 saturated heterocycles. The van der Waals surface area contributed by atoms with E-state index in [0.29, 0.717) is 5.39 Å². The van der Waals surface area contributed by atoms with Crippen LogP contribution in [0, 0.1) is 10.1 Å². The van der Waals surface area contributed by atoms with Crippen LogP contribution >= 0.6 is 0 Å². The summed E-state index contributed by atoms with van der Waals surface area (Å²) < 4.78 is 6.34. The van der Waals surface area contributed by atoms with Gasteiger partial charge in [-0.25, -0.2) is 0 Å². The van der Waals surface area contributed by atoms with E-state index in [9.17, 15) is 20.0 Å². The third kappa shape index (κ3) is 2.09. The number of benzene rings is 1. The summed E-state index contributed by atoms with van der Waals surface area (Å²) in [6, 6.07) is 3.86. The first-order valence-corrected chi connectivity index (χ1v) is 5.71. The third-order valence-corrected chi connectivity index (χ3v) is 2.87. The van der Waals surface area contributed by atoms with Gasteiger partial charge in [-0.1, -0.05) is 12.7 Å². The van der Waals surface area contributed by atoms with Crippen LogP contribution in [-0.2, 0) is 7.05 Å². The highest BCUT2D eigenvalue weighted by Gasteiger charge is 2.18. The summed E-state index contributed by atoms with van der Waals surface area (Å²) in [5, 5.41) is 21.1. The first kappa shape index (κ1) is 13.6. The van der Waals surface area contributed by atoms with Crippen molar-refractivity contribution >= 4 is 16.6 Å². The zero-order valence-corrected chi connectivity index (χ0v) is 10.7. The van der Waals surface area contributed by atoms with E-state index in [1.165, 1.54) is 35.9 Å². The van der Waals surface area contributed by atoms with Gasteiger partial charge in [0.15, 0.2) is 5.75 Å². The fraction of sp³-hybridized carbons (Fsp3) is 0.154. The molecule has 0 bridgehead atoms. The summed E-state index contributed by atoms with van der Waals surface area (Å²) in [6.45, 7) is 3.53. The molecule has 0 radical (unpaired) electrons. The zero-order chi connectivity index (χ0) is 14.9. The number of pyridine rings is 1. The van der Waals surface area contributed by atoms with Crippen molar-refractivity contribution in [2.24, 2.45) is 7.05 Å². The third-order valence-electron chi connectivity index (χ3n) is 2.87. The van der Waals surface area contributed by atoms with Crippen molar-refractivity contribution in [2.45, 2.75) is 0 Å². The lowest BCUT2D eigenvalue weighted by Gasteiger charge is -2.11. The average Bonchev–Trinajstić information content (AvgIpc) is 2.44. The lowest BCUT2D eigenvalue weighted by molar-refractivity contribution is -0.384. The van der Waals surface area contributed by atoms with E-state index >= 15 is 0 Å². The van der Waals surface area contributed by atoms with Gasteiger partial charge in [0.1, 0.15) is 6.61 Å². The number of nitro groups is 1. The van der Waals surface area contributed by atoms with Crippen LogP contribution in [0.2, 0.25) is 0 Å². The minimum Gasteiger partial charge on any atom is -0.504 e. The van der Waals surface area contributed by atoms with Gasteiger partial charge in [-0.05, 0) is 6.07 Å². The molecule has 2 rings (SSSR count). The Hall–Kier alpha value is -2.83. The summed E-state index contributed by atoms with van der Waals surface area (Å²) in [4.78, 5) is 22.3. The summed E-state index contributed by atoms with van der Waals surface area (Å²) in [7, 11) is 1.45. The molecule has 0 atom stereocenters. The molecule has 1 aromatic heterocycles. The molecule has 7 nitrogen and oxygen atoms in total. The van der Waals surface area contributed by atoms with Crippen LogP contribution in [0.15, 0.2) is 35.6 Å². The van der Waals surface area contributed by atoms with Gasteiger partial charge in [-0.2, -0.15) is 0 Å². The SMILES string of the molecule is C=CCOc1c(O)c2ccc([N+](=O)[O-])cc2n(C)c1=O. The Kier molecular flexibility index (Phi) is 3.43. The lowest BCUT2D eigenvalue weighted by atomic mass is 10.1. The lowest BCUT2D eigenvalue weighted by Crippen LogP contribution is -2.20. The number of ether oxygens (including phenoxy) is 1.